The van der Waals surface area contributed by atoms with Crippen molar-refractivity contribution >= 4 is 11.9 Å². The average Bonchev–Trinajstić information content (AvgIpc) is 2.46. The summed E-state index contributed by atoms with van der Waals surface area (Å²) >= 11 is 0. The van der Waals surface area contributed by atoms with E-state index in [9.17, 15) is 9.59 Å². The fourth-order valence-corrected chi connectivity index (χ4v) is 3.12. The third-order valence-corrected chi connectivity index (χ3v) is 4.15. The van der Waals surface area contributed by atoms with Crippen LogP contribution >= 0.6 is 0 Å². The fraction of sp³-hybridized carbons (Fsp3) is 0.867. The summed E-state index contributed by atoms with van der Waals surface area (Å²) in [5.74, 6) is -0.401. The van der Waals surface area contributed by atoms with Crippen molar-refractivity contribution in [3.05, 3.63) is 0 Å². The summed E-state index contributed by atoms with van der Waals surface area (Å²) in [4.78, 5) is 26.0. The first-order chi connectivity index (χ1) is 9.46. The number of esters is 1. The first kappa shape index (κ1) is 17.0. The molecule has 1 aliphatic heterocycles. The molecule has 0 saturated carbocycles. The van der Waals surface area contributed by atoms with Crippen molar-refractivity contribution in [2.75, 3.05) is 33.8 Å². The third-order valence-electron chi connectivity index (χ3n) is 4.15. The van der Waals surface area contributed by atoms with E-state index in [4.69, 9.17) is 4.74 Å². The molecule has 1 heterocycles. The highest BCUT2D eigenvalue weighted by Crippen LogP contribution is 2.33. The predicted octanol–water partition coefficient (Wildman–Crippen LogP) is 1.42. The number of amides is 1. The number of ether oxygens (including phenoxy) is 1. The average molecular weight is 284 g/mol. The highest BCUT2D eigenvalue weighted by Gasteiger charge is 2.40. The molecule has 0 bridgehead atoms. The van der Waals surface area contributed by atoms with Crippen molar-refractivity contribution in [2.45, 2.75) is 39.5 Å². The maximum Gasteiger partial charge on any atom is 0.310 e. The van der Waals surface area contributed by atoms with Gasteiger partial charge in [-0.05, 0) is 25.8 Å². The van der Waals surface area contributed by atoms with Crippen LogP contribution in [-0.4, -0.2) is 50.6 Å². The Hall–Kier alpha value is -1.10. The molecule has 0 spiro atoms. The Morgan fingerprint density at radius 1 is 1.45 bits per heavy atom. The second-order valence-electron chi connectivity index (χ2n) is 5.92. The Bertz CT molecular complexity index is 333. The lowest BCUT2D eigenvalue weighted by atomic mass is 9.75. The second kappa shape index (κ2) is 7.62. The number of piperidine rings is 1. The van der Waals surface area contributed by atoms with E-state index in [0.29, 0.717) is 6.54 Å². The topological polar surface area (TPSA) is 58.6 Å². The minimum absolute atomic E-state index is 0.155. The Labute approximate surface area is 122 Å². The summed E-state index contributed by atoms with van der Waals surface area (Å²) < 4.78 is 4.72. The van der Waals surface area contributed by atoms with Gasteiger partial charge in [-0.2, -0.15) is 0 Å². The second-order valence-corrected chi connectivity index (χ2v) is 5.92. The molecule has 1 N–H and O–H groups in total. The molecule has 0 aromatic rings. The quantitative estimate of drug-likeness (QED) is 0.750. The lowest BCUT2D eigenvalue weighted by Gasteiger charge is -2.39. The van der Waals surface area contributed by atoms with E-state index >= 15 is 0 Å². The fourth-order valence-electron chi connectivity index (χ4n) is 3.12. The van der Waals surface area contributed by atoms with E-state index in [1.807, 2.05) is 0 Å². The van der Waals surface area contributed by atoms with Gasteiger partial charge < -0.3 is 15.0 Å². The standard InChI is InChI=1S/C15H28N2O3/c1-5-7-15(8-6-9-16-11-15)14(19)17(3)10-12(2)13(18)20-4/h12,16H,5-11H2,1-4H3. The van der Waals surface area contributed by atoms with Gasteiger partial charge in [0.15, 0.2) is 0 Å². The van der Waals surface area contributed by atoms with E-state index in [2.05, 4.69) is 12.2 Å². The zero-order chi connectivity index (χ0) is 15.2. The molecule has 0 aromatic carbocycles. The number of hydrogen-bond acceptors (Lipinski definition) is 4. The molecule has 1 saturated heterocycles. The van der Waals surface area contributed by atoms with Gasteiger partial charge in [-0.15, -0.1) is 0 Å². The molecular weight excluding hydrogens is 256 g/mol. The maximum atomic E-state index is 12.8. The number of methoxy groups -OCH3 is 1. The van der Waals surface area contributed by atoms with Crippen molar-refractivity contribution in [1.29, 1.82) is 0 Å². The summed E-state index contributed by atoms with van der Waals surface area (Å²) in [5, 5.41) is 3.34. The first-order valence-electron chi connectivity index (χ1n) is 7.51. The number of carbonyl (C=O) groups excluding carboxylic acids is 2. The van der Waals surface area contributed by atoms with Crippen LogP contribution in [0.3, 0.4) is 0 Å². The van der Waals surface area contributed by atoms with Gasteiger partial charge in [0.1, 0.15) is 0 Å². The molecule has 20 heavy (non-hydrogen) atoms. The Balaban J connectivity index is 2.71. The van der Waals surface area contributed by atoms with Gasteiger partial charge in [0.05, 0.1) is 18.4 Å². The van der Waals surface area contributed by atoms with Gasteiger partial charge in [-0.25, -0.2) is 0 Å². The minimum Gasteiger partial charge on any atom is -0.469 e. The molecule has 2 unspecified atom stereocenters. The summed E-state index contributed by atoms with van der Waals surface area (Å²) in [6.45, 7) is 6.05. The van der Waals surface area contributed by atoms with Crippen LogP contribution in [0, 0.1) is 11.3 Å². The van der Waals surface area contributed by atoms with Crippen LogP contribution in [0.5, 0.6) is 0 Å². The summed E-state index contributed by atoms with van der Waals surface area (Å²) in [7, 11) is 3.16. The largest absolute Gasteiger partial charge is 0.469 e. The zero-order valence-electron chi connectivity index (χ0n) is 13.2. The number of rotatable bonds is 6. The lowest BCUT2D eigenvalue weighted by molar-refractivity contribution is -0.148. The monoisotopic (exact) mass is 284 g/mol. The lowest BCUT2D eigenvalue weighted by Crippen LogP contribution is -2.52. The Kier molecular flexibility index (Phi) is 6.46. The third kappa shape index (κ3) is 3.95. The van der Waals surface area contributed by atoms with E-state index in [-0.39, 0.29) is 23.2 Å². The predicted molar refractivity (Wildman–Crippen MR) is 78.3 cm³/mol. The van der Waals surface area contributed by atoms with Crippen LogP contribution in [-0.2, 0) is 14.3 Å². The van der Waals surface area contributed by atoms with E-state index < -0.39 is 0 Å². The van der Waals surface area contributed by atoms with Crippen LogP contribution in [0.25, 0.3) is 0 Å². The molecule has 1 aliphatic rings. The number of nitrogens with zero attached hydrogens (tertiary/aromatic N) is 1. The minimum atomic E-state index is -0.294. The van der Waals surface area contributed by atoms with Crippen molar-refractivity contribution in [3.63, 3.8) is 0 Å². The van der Waals surface area contributed by atoms with Crippen molar-refractivity contribution in [3.8, 4) is 0 Å². The number of hydrogen-bond donors (Lipinski definition) is 1. The van der Waals surface area contributed by atoms with Crippen molar-refractivity contribution < 1.29 is 14.3 Å². The summed E-state index contributed by atoms with van der Waals surface area (Å²) in [6.07, 6.45) is 3.86. The molecule has 1 amide bonds. The molecule has 5 heteroatoms. The van der Waals surface area contributed by atoms with Gasteiger partial charge in [0.2, 0.25) is 5.91 Å². The van der Waals surface area contributed by atoms with E-state index in [1.165, 1.54) is 7.11 Å². The van der Waals surface area contributed by atoms with Crippen LogP contribution in [0.15, 0.2) is 0 Å². The van der Waals surface area contributed by atoms with Gasteiger partial charge in [0.25, 0.3) is 0 Å². The van der Waals surface area contributed by atoms with Gasteiger partial charge in [0, 0.05) is 20.1 Å². The normalized spacial score (nSPS) is 24.0. The molecule has 2 atom stereocenters. The summed E-state index contributed by atoms with van der Waals surface area (Å²) in [5.41, 5.74) is -0.294. The zero-order valence-corrected chi connectivity index (χ0v) is 13.2. The molecule has 0 aliphatic carbocycles. The van der Waals surface area contributed by atoms with Gasteiger partial charge >= 0.3 is 5.97 Å². The number of nitrogens with one attached hydrogen (secondary N) is 1. The van der Waals surface area contributed by atoms with Crippen LogP contribution in [0.1, 0.15) is 39.5 Å². The van der Waals surface area contributed by atoms with E-state index in [1.54, 1.807) is 18.9 Å². The Morgan fingerprint density at radius 2 is 2.15 bits per heavy atom. The van der Waals surface area contributed by atoms with Crippen LogP contribution in [0.4, 0.5) is 0 Å². The highest BCUT2D eigenvalue weighted by atomic mass is 16.5. The van der Waals surface area contributed by atoms with Crippen LogP contribution < -0.4 is 5.32 Å². The van der Waals surface area contributed by atoms with Crippen molar-refractivity contribution in [1.82, 2.24) is 10.2 Å². The van der Waals surface area contributed by atoms with Crippen LogP contribution in [0.2, 0.25) is 0 Å². The molecule has 0 radical (unpaired) electrons. The molecule has 1 rings (SSSR count). The highest BCUT2D eigenvalue weighted by molar-refractivity contribution is 5.83. The molecule has 5 nitrogen and oxygen atoms in total. The molecule has 116 valence electrons. The summed E-state index contributed by atoms with van der Waals surface area (Å²) in [6, 6.07) is 0. The van der Waals surface area contributed by atoms with E-state index in [0.717, 1.165) is 38.8 Å². The first-order valence-corrected chi connectivity index (χ1v) is 7.51. The Morgan fingerprint density at radius 3 is 2.65 bits per heavy atom. The molecular formula is C15H28N2O3. The maximum absolute atomic E-state index is 12.8. The smallest absolute Gasteiger partial charge is 0.310 e. The SMILES string of the molecule is CCCC1(C(=O)N(C)CC(C)C(=O)OC)CCCNC1. The van der Waals surface area contributed by atoms with Gasteiger partial charge in [-0.3, -0.25) is 9.59 Å². The van der Waals surface area contributed by atoms with Crippen molar-refractivity contribution in [2.24, 2.45) is 11.3 Å². The number of carbonyl (C=O) groups is 2. The van der Waals surface area contributed by atoms with Gasteiger partial charge in [-0.1, -0.05) is 20.3 Å². The molecule has 0 aromatic heterocycles. The molecule has 1 fully saturated rings.